The van der Waals surface area contributed by atoms with Crippen molar-refractivity contribution in [3.05, 3.63) is 59.7 Å². The van der Waals surface area contributed by atoms with Crippen LogP contribution < -0.4 is 4.74 Å². The van der Waals surface area contributed by atoms with E-state index >= 15 is 0 Å². The van der Waals surface area contributed by atoms with Crippen LogP contribution in [0.25, 0.3) is 0 Å². The molecule has 1 aromatic heterocycles. The van der Waals surface area contributed by atoms with Gasteiger partial charge in [0, 0.05) is 5.56 Å². The van der Waals surface area contributed by atoms with Gasteiger partial charge in [0.25, 0.3) is 0 Å². The van der Waals surface area contributed by atoms with Gasteiger partial charge in [-0.1, -0.05) is 32.0 Å². The highest BCUT2D eigenvalue weighted by Crippen LogP contribution is 2.37. The van der Waals surface area contributed by atoms with Crippen molar-refractivity contribution in [1.29, 1.82) is 0 Å². The molecule has 3 nitrogen and oxygen atoms in total. The molecule has 0 aliphatic rings. The number of nitrogens with zero attached hydrogens (tertiary/aromatic N) is 1. The van der Waals surface area contributed by atoms with Crippen LogP contribution in [0.3, 0.4) is 0 Å². The Morgan fingerprint density at radius 1 is 1.19 bits per heavy atom. The molecule has 4 heteroatoms. The van der Waals surface area contributed by atoms with E-state index in [-0.39, 0.29) is 0 Å². The molecule has 0 aliphatic carbocycles. The second-order valence-electron chi connectivity index (χ2n) is 4.92. The molecule has 2 rings (SSSR count). The minimum Gasteiger partial charge on any atom is -0.493 e. The lowest BCUT2D eigenvalue weighted by Gasteiger charge is -2.28. The first-order valence-corrected chi connectivity index (χ1v) is 7.18. The van der Waals surface area contributed by atoms with Crippen molar-refractivity contribution in [3.63, 3.8) is 0 Å². The highest BCUT2D eigenvalue weighted by Gasteiger charge is 2.33. The van der Waals surface area contributed by atoms with Gasteiger partial charge < -0.3 is 9.84 Å². The molecule has 0 fully saturated rings. The molecule has 0 amide bonds. The van der Waals surface area contributed by atoms with Crippen molar-refractivity contribution >= 4 is 0 Å². The molecule has 1 unspecified atom stereocenters. The minimum absolute atomic E-state index is 0.415. The van der Waals surface area contributed by atoms with Crippen LogP contribution in [0, 0.1) is 5.82 Å². The number of aliphatic hydroxyl groups is 1. The molecule has 0 spiro atoms. The third-order valence-electron chi connectivity index (χ3n) is 3.46. The van der Waals surface area contributed by atoms with Crippen LogP contribution in [0.15, 0.2) is 42.6 Å². The molecule has 0 bridgehead atoms. The monoisotopic (exact) mass is 289 g/mol. The molecule has 1 atom stereocenters. The Hall–Kier alpha value is -1.94. The summed E-state index contributed by atoms with van der Waals surface area (Å²) in [4.78, 5) is 4.04. The van der Waals surface area contributed by atoms with Gasteiger partial charge in [0.2, 0.25) is 0 Å². The topological polar surface area (TPSA) is 42.4 Å². The fourth-order valence-electron chi connectivity index (χ4n) is 2.28. The molecular formula is C17H20FNO2. The number of para-hydroxylation sites is 1. The summed E-state index contributed by atoms with van der Waals surface area (Å²) >= 11 is 0. The molecule has 112 valence electrons. The van der Waals surface area contributed by atoms with Gasteiger partial charge >= 0.3 is 0 Å². The van der Waals surface area contributed by atoms with E-state index in [1.807, 2.05) is 38.1 Å². The zero-order chi connectivity index (χ0) is 15.3. The predicted octanol–water partition coefficient (Wildman–Crippen LogP) is 3.66. The van der Waals surface area contributed by atoms with Crippen LogP contribution >= 0.6 is 0 Å². The third-order valence-corrected chi connectivity index (χ3v) is 3.46. The second kappa shape index (κ2) is 6.68. The summed E-state index contributed by atoms with van der Waals surface area (Å²) in [6, 6.07) is 10.2. The Bertz CT molecular complexity index is 586. The van der Waals surface area contributed by atoms with Crippen LogP contribution in [0.2, 0.25) is 0 Å². The number of hydrogen-bond donors (Lipinski definition) is 1. The predicted molar refractivity (Wildman–Crippen MR) is 79.7 cm³/mol. The van der Waals surface area contributed by atoms with E-state index in [1.165, 1.54) is 12.1 Å². The molecular weight excluding hydrogens is 269 g/mol. The zero-order valence-electron chi connectivity index (χ0n) is 12.3. The molecule has 1 aromatic carbocycles. The van der Waals surface area contributed by atoms with Crippen LogP contribution in [-0.2, 0) is 5.60 Å². The van der Waals surface area contributed by atoms with Gasteiger partial charge in [0.05, 0.1) is 18.5 Å². The minimum atomic E-state index is -1.29. The molecule has 0 radical (unpaired) electrons. The van der Waals surface area contributed by atoms with Crippen LogP contribution in [0.4, 0.5) is 4.39 Å². The molecule has 0 saturated heterocycles. The highest BCUT2D eigenvalue weighted by atomic mass is 19.1. The van der Waals surface area contributed by atoms with Crippen LogP contribution in [0.5, 0.6) is 5.75 Å². The second-order valence-corrected chi connectivity index (χ2v) is 4.92. The first-order chi connectivity index (χ1) is 10.1. The van der Waals surface area contributed by atoms with Crippen molar-refractivity contribution in [3.8, 4) is 5.75 Å². The number of halogens is 1. The zero-order valence-corrected chi connectivity index (χ0v) is 12.3. The van der Waals surface area contributed by atoms with Crippen molar-refractivity contribution in [2.45, 2.75) is 32.3 Å². The van der Waals surface area contributed by atoms with Crippen LogP contribution in [0.1, 0.15) is 37.9 Å². The van der Waals surface area contributed by atoms with Crippen molar-refractivity contribution in [2.24, 2.45) is 0 Å². The van der Waals surface area contributed by atoms with E-state index in [2.05, 4.69) is 4.98 Å². The Morgan fingerprint density at radius 2 is 1.95 bits per heavy atom. The summed E-state index contributed by atoms with van der Waals surface area (Å²) in [5, 5.41) is 11.1. The number of hydrogen-bond acceptors (Lipinski definition) is 3. The number of rotatable bonds is 6. The Labute approximate surface area is 124 Å². The van der Waals surface area contributed by atoms with E-state index in [0.717, 1.165) is 12.6 Å². The summed E-state index contributed by atoms with van der Waals surface area (Å²) in [6.45, 7) is 4.46. The summed E-state index contributed by atoms with van der Waals surface area (Å²) in [6.07, 6.45) is 2.41. The summed E-state index contributed by atoms with van der Waals surface area (Å²) < 4.78 is 18.8. The number of benzene rings is 1. The Kier molecular flexibility index (Phi) is 4.91. The van der Waals surface area contributed by atoms with Crippen molar-refractivity contribution < 1.29 is 14.2 Å². The Morgan fingerprint density at radius 3 is 2.57 bits per heavy atom. The van der Waals surface area contributed by atoms with E-state index in [0.29, 0.717) is 30.0 Å². The Balaban J connectivity index is 2.47. The summed E-state index contributed by atoms with van der Waals surface area (Å²) in [5.74, 6) is 0.211. The SMILES string of the molecule is CCCOc1ccccc1C(O)(CC)c1ccc(F)cn1. The number of pyridine rings is 1. The fraction of sp³-hybridized carbons (Fsp3) is 0.353. The smallest absolute Gasteiger partial charge is 0.141 e. The molecule has 1 N–H and O–H groups in total. The van der Waals surface area contributed by atoms with Crippen molar-refractivity contribution in [2.75, 3.05) is 6.61 Å². The van der Waals surface area contributed by atoms with E-state index in [9.17, 15) is 9.50 Å². The average molecular weight is 289 g/mol. The third kappa shape index (κ3) is 3.22. The number of aromatic nitrogens is 1. The highest BCUT2D eigenvalue weighted by molar-refractivity contribution is 5.42. The van der Waals surface area contributed by atoms with Gasteiger partial charge in [-0.15, -0.1) is 0 Å². The van der Waals surface area contributed by atoms with Gasteiger partial charge in [-0.2, -0.15) is 0 Å². The molecule has 0 aliphatic heterocycles. The van der Waals surface area contributed by atoms with E-state index in [1.54, 1.807) is 0 Å². The van der Waals surface area contributed by atoms with Gasteiger partial charge in [-0.3, -0.25) is 4.98 Å². The standard InChI is InChI=1S/C17H20FNO2/c1-3-11-21-15-8-6-5-7-14(15)17(20,4-2)16-10-9-13(18)12-19-16/h5-10,12,20H,3-4,11H2,1-2H3. The van der Waals surface area contributed by atoms with Gasteiger partial charge in [0.1, 0.15) is 17.2 Å². The lowest BCUT2D eigenvalue weighted by Crippen LogP contribution is -2.28. The lowest BCUT2D eigenvalue weighted by molar-refractivity contribution is 0.0681. The number of ether oxygens (including phenoxy) is 1. The van der Waals surface area contributed by atoms with Gasteiger partial charge in [-0.25, -0.2) is 4.39 Å². The van der Waals surface area contributed by atoms with Gasteiger partial charge in [0.15, 0.2) is 0 Å². The van der Waals surface area contributed by atoms with E-state index in [4.69, 9.17) is 4.74 Å². The first kappa shape index (κ1) is 15.4. The van der Waals surface area contributed by atoms with Gasteiger partial charge in [-0.05, 0) is 31.0 Å². The maximum Gasteiger partial charge on any atom is 0.141 e. The summed E-state index contributed by atoms with van der Waals surface area (Å²) in [7, 11) is 0. The lowest BCUT2D eigenvalue weighted by atomic mass is 9.86. The largest absolute Gasteiger partial charge is 0.493 e. The van der Waals surface area contributed by atoms with E-state index < -0.39 is 11.4 Å². The molecule has 0 saturated carbocycles. The van der Waals surface area contributed by atoms with Crippen molar-refractivity contribution in [1.82, 2.24) is 4.98 Å². The summed E-state index contributed by atoms with van der Waals surface area (Å²) in [5.41, 5.74) is -0.225. The molecule has 21 heavy (non-hydrogen) atoms. The fourth-order valence-corrected chi connectivity index (χ4v) is 2.28. The quantitative estimate of drug-likeness (QED) is 0.882. The maximum atomic E-state index is 13.1. The first-order valence-electron chi connectivity index (χ1n) is 7.18. The molecule has 2 aromatic rings. The average Bonchev–Trinajstić information content (AvgIpc) is 2.53. The maximum absolute atomic E-state index is 13.1. The molecule has 1 heterocycles. The normalized spacial score (nSPS) is 13.7. The van der Waals surface area contributed by atoms with Crippen LogP contribution in [-0.4, -0.2) is 16.7 Å².